The van der Waals surface area contributed by atoms with Gasteiger partial charge < -0.3 is 14.7 Å². The molecule has 6 heteroatoms. The number of nitrogens with zero attached hydrogens (tertiary/aromatic N) is 5. The van der Waals surface area contributed by atoms with Crippen LogP contribution in [-0.2, 0) is 0 Å². The van der Waals surface area contributed by atoms with Gasteiger partial charge in [0.2, 0.25) is 0 Å². The van der Waals surface area contributed by atoms with Crippen molar-refractivity contribution in [3.63, 3.8) is 0 Å². The minimum atomic E-state index is -0.00793. The summed E-state index contributed by atoms with van der Waals surface area (Å²) in [5.41, 5.74) is 2.96. The number of unbranched alkanes of at least 4 members (excludes halogenated alkanes) is 1. The summed E-state index contributed by atoms with van der Waals surface area (Å²) in [6.07, 6.45) is 3.73. The maximum atomic E-state index is 12.9. The summed E-state index contributed by atoms with van der Waals surface area (Å²) < 4.78 is 0. The second-order valence-electron chi connectivity index (χ2n) is 7.15. The van der Waals surface area contributed by atoms with Gasteiger partial charge in [-0.1, -0.05) is 25.5 Å². The molecule has 1 aliphatic rings. The van der Waals surface area contributed by atoms with E-state index in [1.165, 1.54) is 17.6 Å². The van der Waals surface area contributed by atoms with E-state index in [1.807, 2.05) is 18.0 Å². The van der Waals surface area contributed by atoms with Gasteiger partial charge in [-0.25, -0.2) is 9.97 Å². The van der Waals surface area contributed by atoms with Gasteiger partial charge in [-0.15, -0.1) is 0 Å². The molecule has 0 radical (unpaired) electrons. The van der Waals surface area contributed by atoms with Gasteiger partial charge in [-0.3, -0.25) is 4.79 Å². The van der Waals surface area contributed by atoms with Crippen LogP contribution in [0.3, 0.4) is 0 Å². The average molecular weight is 367 g/mol. The van der Waals surface area contributed by atoms with Crippen LogP contribution in [0.15, 0.2) is 36.7 Å². The van der Waals surface area contributed by atoms with Gasteiger partial charge in [0.25, 0.3) is 5.91 Å². The third kappa shape index (κ3) is 4.76. The van der Waals surface area contributed by atoms with Crippen molar-refractivity contribution >= 4 is 17.4 Å². The fourth-order valence-corrected chi connectivity index (χ4v) is 3.34. The number of amides is 1. The minimum absolute atomic E-state index is 0.00793. The van der Waals surface area contributed by atoms with Crippen molar-refractivity contribution in [3.05, 3.63) is 47.9 Å². The molecule has 1 aromatic heterocycles. The summed E-state index contributed by atoms with van der Waals surface area (Å²) in [7, 11) is 2.01. The molecule has 0 N–H and O–H groups in total. The highest BCUT2D eigenvalue weighted by Crippen LogP contribution is 2.19. The van der Waals surface area contributed by atoms with Crippen LogP contribution in [0.2, 0.25) is 0 Å². The van der Waals surface area contributed by atoms with E-state index in [4.69, 9.17) is 0 Å². The first-order valence-corrected chi connectivity index (χ1v) is 9.72. The van der Waals surface area contributed by atoms with E-state index >= 15 is 0 Å². The number of rotatable bonds is 6. The van der Waals surface area contributed by atoms with E-state index in [2.05, 4.69) is 57.9 Å². The number of carbonyl (C=O) groups is 1. The Morgan fingerprint density at radius 3 is 2.63 bits per heavy atom. The van der Waals surface area contributed by atoms with E-state index in [0.717, 1.165) is 38.3 Å². The number of aromatic nitrogens is 2. The molecule has 0 atom stereocenters. The monoisotopic (exact) mass is 367 g/mol. The van der Waals surface area contributed by atoms with Crippen molar-refractivity contribution in [1.29, 1.82) is 0 Å². The molecule has 0 aliphatic carbocycles. The first-order chi connectivity index (χ1) is 13.1. The summed E-state index contributed by atoms with van der Waals surface area (Å²) >= 11 is 0. The number of hydrogen-bond donors (Lipinski definition) is 0. The van der Waals surface area contributed by atoms with E-state index in [-0.39, 0.29) is 5.91 Å². The molecule has 27 heavy (non-hydrogen) atoms. The molecular weight excluding hydrogens is 338 g/mol. The molecule has 144 valence electrons. The quantitative estimate of drug-likeness (QED) is 0.786. The van der Waals surface area contributed by atoms with Crippen LogP contribution < -0.4 is 9.80 Å². The van der Waals surface area contributed by atoms with Gasteiger partial charge in [0.05, 0.1) is 0 Å². The highest BCUT2D eigenvalue weighted by molar-refractivity contribution is 5.93. The van der Waals surface area contributed by atoms with E-state index in [9.17, 15) is 4.79 Å². The van der Waals surface area contributed by atoms with E-state index in [0.29, 0.717) is 18.8 Å². The zero-order valence-electron chi connectivity index (χ0n) is 16.6. The summed E-state index contributed by atoms with van der Waals surface area (Å²) in [5.74, 6) is 0.798. The lowest BCUT2D eigenvalue weighted by Crippen LogP contribution is -2.49. The van der Waals surface area contributed by atoms with E-state index < -0.39 is 0 Å². The molecule has 0 unspecified atom stereocenters. The van der Waals surface area contributed by atoms with Crippen LogP contribution in [0.5, 0.6) is 0 Å². The number of piperazine rings is 1. The molecule has 1 fully saturated rings. The Balaban J connectivity index is 1.62. The average Bonchev–Trinajstić information content (AvgIpc) is 2.71. The fourth-order valence-electron chi connectivity index (χ4n) is 3.34. The SMILES string of the molecule is CCCCN(C)c1cc(C(=O)N2CCN(c3cccc(C)c3)CC2)ncn1. The Labute approximate surface area is 161 Å². The van der Waals surface area contributed by atoms with Crippen LogP contribution in [0.25, 0.3) is 0 Å². The first kappa shape index (κ1) is 19.1. The predicted octanol–water partition coefficient (Wildman–Crippen LogP) is 2.98. The summed E-state index contributed by atoms with van der Waals surface area (Å²) in [6.45, 7) is 8.28. The molecule has 2 aromatic rings. The van der Waals surface area contributed by atoms with E-state index in [1.54, 1.807) is 0 Å². The third-order valence-corrected chi connectivity index (χ3v) is 5.04. The summed E-state index contributed by atoms with van der Waals surface area (Å²) in [5, 5.41) is 0. The molecule has 0 spiro atoms. The van der Waals surface area contributed by atoms with Crippen molar-refractivity contribution in [2.24, 2.45) is 0 Å². The van der Waals surface area contributed by atoms with Gasteiger partial charge in [0.1, 0.15) is 17.8 Å². The van der Waals surface area contributed by atoms with Crippen LogP contribution in [0.1, 0.15) is 35.8 Å². The summed E-state index contributed by atoms with van der Waals surface area (Å²) in [6, 6.07) is 10.3. The number of carbonyl (C=O) groups excluding carboxylic acids is 1. The standard InChI is InChI=1S/C21H29N5O/c1-4-5-9-24(3)20-15-19(22-16-23-20)21(27)26-12-10-25(11-13-26)18-8-6-7-17(2)14-18/h6-8,14-16H,4-5,9-13H2,1-3H3. The largest absolute Gasteiger partial charge is 0.368 e. The number of benzene rings is 1. The van der Waals surface area contributed by atoms with Gasteiger partial charge in [0.15, 0.2) is 0 Å². The molecule has 3 rings (SSSR count). The molecule has 1 aliphatic heterocycles. The highest BCUT2D eigenvalue weighted by Gasteiger charge is 2.23. The van der Waals surface area contributed by atoms with Gasteiger partial charge in [-0.05, 0) is 31.0 Å². The second kappa shape index (κ2) is 8.84. The van der Waals surface area contributed by atoms with Crippen LogP contribution in [0, 0.1) is 6.92 Å². The van der Waals surface area contributed by atoms with Crippen LogP contribution >= 0.6 is 0 Å². The number of anilines is 2. The molecule has 0 saturated carbocycles. The Kier molecular flexibility index (Phi) is 6.27. The Hall–Kier alpha value is -2.63. The lowest BCUT2D eigenvalue weighted by molar-refractivity contribution is 0.0740. The lowest BCUT2D eigenvalue weighted by Gasteiger charge is -2.36. The molecule has 1 amide bonds. The van der Waals surface area contributed by atoms with Gasteiger partial charge in [-0.2, -0.15) is 0 Å². The van der Waals surface area contributed by atoms with Gasteiger partial charge >= 0.3 is 0 Å². The maximum Gasteiger partial charge on any atom is 0.272 e. The molecule has 2 heterocycles. The Morgan fingerprint density at radius 2 is 1.93 bits per heavy atom. The third-order valence-electron chi connectivity index (χ3n) is 5.04. The Morgan fingerprint density at radius 1 is 1.15 bits per heavy atom. The molecular formula is C21H29N5O. The molecule has 1 saturated heterocycles. The van der Waals surface area contributed by atoms with Crippen LogP contribution in [0.4, 0.5) is 11.5 Å². The zero-order chi connectivity index (χ0) is 19.2. The van der Waals surface area contributed by atoms with Crippen molar-refractivity contribution < 1.29 is 4.79 Å². The highest BCUT2D eigenvalue weighted by atomic mass is 16.2. The zero-order valence-corrected chi connectivity index (χ0v) is 16.6. The van der Waals surface area contributed by atoms with Crippen molar-refractivity contribution in [3.8, 4) is 0 Å². The topological polar surface area (TPSA) is 52.6 Å². The lowest BCUT2D eigenvalue weighted by atomic mass is 10.2. The number of hydrogen-bond acceptors (Lipinski definition) is 5. The summed E-state index contributed by atoms with van der Waals surface area (Å²) in [4.78, 5) is 27.7. The molecule has 1 aromatic carbocycles. The first-order valence-electron chi connectivity index (χ1n) is 9.72. The fraction of sp³-hybridized carbons (Fsp3) is 0.476. The van der Waals surface area contributed by atoms with Crippen molar-refractivity contribution in [2.45, 2.75) is 26.7 Å². The van der Waals surface area contributed by atoms with Gasteiger partial charge in [0, 0.05) is 51.5 Å². The molecule has 0 bridgehead atoms. The van der Waals surface area contributed by atoms with Crippen molar-refractivity contribution in [2.75, 3.05) is 49.6 Å². The second-order valence-corrected chi connectivity index (χ2v) is 7.15. The predicted molar refractivity (Wildman–Crippen MR) is 110 cm³/mol. The molecule has 6 nitrogen and oxygen atoms in total. The van der Waals surface area contributed by atoms with Crippen molar-refractivity contribution in [1.82, 2.24) is 14.9 Å². The maximum absolute atomic E-state index is 12.9. The van der Waals surface area contributed by atoms with Crippen LogP contribution in [-0.4, -0.2) is 60.5 Å². The Bertz CT molecular complexity index is 771. The normalized spacial score (nSPS) is 14.3. The smallest absolute Gasteiger partial charge is 0.272 e. The minimum Gasteiger partial charge on any atom is -0.368 e. The number of aryl methyl sites for hydroxylation is 1.